The summed E-state index contributed by atoms with van der Waals surface area (Å²) in [5, 5.41) is 2.13. The number of carbonyl (C=O) groups excluding carboxylic acids is 3. The molecule has 0 unspecified atom stereocenters. The molecule has 0 radical (unpaired) electrons. The molecule has 1 N–H and O–H groups in total. The topological polar surface area (TPSA) is 79.0 Å². The van der Waals surface area contributed by atoms with E-state index >= 15 is 0 Å². The predicted octanol–water partition coefficient (Wildman–Crippen LogP) is 4.22. The van der Waals surface area contributed by atoms with Crippen LogP contribution in [-0.4, -0.2) is 54.8 Å². The van der Waals surface area contributed by atoms with Gasteiger partial charge < -0.3 is 15.0 Å². The van der Waals surface area contributed by atoms with Gasteiger partial charge in [-0.2, -0.15) is 13.2 Å². The van der Waals surface area contributed by atoms with Crippen LogP contribution in [0.1, 0.15) is 11.1 Å². The van der Waals surface area contributed by atoms with Crippen molar-refractivity contribution in [1.82, 2.24) is 4.90 Å². The van der Waals surface area contributed by atoms with Crippen molar-refractivity contribution in [3.05, 3.63) is 64.6 Å². The summed E-state index contributed by atoms with van der Waals surface area (Å²) in [4.78, 5) is 40.6. The minimum absolute atomic E-state index is 0.0336. The van der Waals surface area contributed by atoms with Crippen molar-refractivity contribution in [2.24, 2.45) is 0 Å². The molecule has 0 saturated carbocycles. The van der Waals surface area contributed by atoms with Gasteiger partial charge in [-0.25, -0.2) is 0 Å². The Hall–Kier alpha value is -3.31. The number of thioether (sulfide) groups is 1. The molecule has 0 bridgehead atoms. The van der Waals surface area contributed by atoms with Gasteiger partial charge >= 0.3 is 6.18 Å². The van der Waals surface area contributed by atoms with Crippen LogP contribution in [0.3, 0.4) is 0 Å². The lowest BCUT2D eigenvalue weighted by molar-refractivity contribution is -0.137. The Bertz CT molecular complexity index is 1130. The number of carbonyl (C=O) groups is 3. The van der Waals surface area contributed by atoms with Crippen LogP contribution in [0, 0.1) is 0 Å². The summed E-state index contributed by atoms with van der Waals surface area (Å²) >= 11 is 0.635. The Labute approximate surface area is 197 Å². The van der Waals surface area contributed by atoms with Crippen molar-refractivity contribution in [2.75, 3.05) is 43.1 Å². The fraction of sp³-hybridized carbons (Fsp3) is 0.261. The van der Waals surface area contributed by atoms with Gasteiger partial charge in [-0.1, -0.05) is 24.3 Å². The normalized spacial score (nSPS) is 18.0. The van der Waals surface area contributed by atoms with Gasteiger partial charge in [0.25, 0.3) is 11.1 Å². The minimum Gasteiger partial charge on any atom is -0.378 e. The highest BCUT2D eigenvalue weighted by Gasteiger charge is 2.36. The molecule has 0 aliphatic carbocycles. The summed E-state index contributed by atoms with van der Waals surface area (Å²) in [7, 11) is 0. The molecule has 3 amide bonds. The summed E-state index contributed by atoms with van der Waals surface area (Å²) < 4.78 is 43.5. The molecule has 2 heterocycles. The maximum absolute atomic E-state index is 12.7. The number of hydrogen-bond donors (Lipinski definition) is 1. The molecule has 2 aliphatic rings. The number of morpholine rings is 1. The number of hydrogen-bond acceptors (Lipinski definition) is 6. The fourth-order valence-corrected chi connectivity index (χ4v) is 4.39. The predicted molar refractivity (Wildman–Crippen MR) is 122 cm³/mol. The van der Waals surface area contributed by atoms with Crippen molar-refractivity contribution in [1.29, 1.82) is 0 Å². The lowest BCUT2D eigenvalue weighted by Gasteiger charge is -2.30. The number of nitrogens with one attached hydrogen (secondary N) is 1. The van der Waals surface area contributed by atoms with E-state index in [0.717, 1.165) is 22.7 Å². The summed E-state index contributed by atoms with van der Waals surface area (Å²) in [5.74, 6) is -1.22. The zero-order valence-corrected chi connectivity index (χ0v) is 18.6. The van der Waals surface area contributed by atoms with E-state index in [1.807, 2.05) is 12.1 Å². The second-order valence-corrected chi connectivity index (χ2v) is 8.55. The average molecular weight is 491 g/mol. The van der Waals surface area contributed by atoms with E-state index in [9.17, 15) is 27.6 Å². The van der Waals surface area contributed by atoms with Crippen LogP contribution in [0.2, 0.25) is 0 Å². The Morgan fingerprint density at radius 3 is 2.41 bits per heavy atom. The molecule has 0 atom stereocenters. The standard InChI is InChI=1S/C23H20F3N3O4S/c24-23(25,26)16-7-5-15(6-8-16)13-19-21(31)29(22(32)34-19)14-20(30)27-17-3-1-2-4-18(17)28-9-11-33-12-10-28/h1-8,13H,9-12,14H2,(H,27,30)/b19-13-. The average Bonchev–Trinajstić information content (AvgIpc) is 3.07. The molecule has 2 fully saturated rings. The number of amides is 3. The second-order valence-electron chi connectivity index (χ2n) is 7.55. The first-order chi connectivity index (χ1) is 16.2. The molecule has 2 saturated heterocycles. The minimum atomic E-state index is -4.47. The third-order valence-electron chi connectivity index (χ3n) is 5.24. The van der Waals surface area contributed by atoms with Crippen LogP contribution < -0.4 is 10.2 Å². The third kappa shape index (κ3) is 5.42. The maximum atomic E-state index is 12.7. The van der Waals surface area contributed by atoms with Crippen molar-refractivity contribution < 1.29 is 32.3 Å². The summed E-state index contributed by atoms with van der Waals surface area (Å²) in [6, 6.07) is 11.5. The first-order valence-electron chi connectivity index (χ1n) is 10.4. The molecular weight excluding hydrogens is 471 g/mol. The second kappa shape index (κ2) is 9.90. The zero-order valence-electron chi connectivity index (χ0n) is 17.8. The van der Waals surface area contributed by atoms with Gasteiger partial charge in [-0.15, -0.1) is 0 Å². The SMILES string of the molecule is O=C(CN1C(=O)S/C(=C\c2ccc(C(F)(F)F)cc2)C1=O)Nc1ccccc1N1CCOCC1. The van der Waals surface area contributed by atoms with Gasteiger partial charge in [0.1, 0.15) is 6.54 Å². The number of alkyl halides is 3. The van der Waals surface area contributed by atoms with Gasteiger partial charge in [0.05, 0.1) is 35.1 Å². The van der Waals surface area contributed by atoms with Gasteiger partial charge in [-0.3, -0.25) is 19.3 Å². The van der Waals surface area contributed by atoms with Crippen molar-refractivity contribution in [3.8, 4) is 0 Å². The Morgan fingerprint density at radius 2 is 1.74 bits per heavy atom. The molecule has 4 rings (SSSR count). The molecule has 178 valence electrons. The van der Waals surface area contributed by atoms with E-state index in [2.05, 4.69) is 10.2 Å². The van der Waals surface area contributed by atoms with E-state index in [0.29, 0.717) is 49.3 Å². The number of benzene rings is 2. The number of imide groups is 1. The molecular formula is C23H20F3N3O4S. The van der Waals surface area contributed by atoms with E-state index in [1.54, 1.807) is 12.1 Å². The molecule has 2 aromatic rings. The fourth-order valence-electron chi connectivity index (χ4n) is 3.55. The van der Waals surface area contributed by atoms with Gasteiger partial charge in [0.15, 0.2) is 0 Å². The van der Waals surface area contributed by atoms with Crippen LogP contribution in [0.25, 0.3) is 6.08 Å². The van der Waals surface area contributed by atoms with Gasteiger partial charge in [-0.05, 0) is 47.7 Å². The number of anilines is 2. The Kier molecular flexibility index (Phi) is 6.94. The Morgan fingerprint density at radius 1 is 1.06 bits per heavy atom. The van der Waals surface area contributed by atoms with E-state index in [-0.39, 0.29) is 4.91 Å². The van der Waals surface area contributed by atoms with Crippen molar-refractivity contribution >= 4 is 46.3 Å². The van der Waals surface area contributed by atoms with Gasteiger partial charge in [0.2, 0.25) is 5.91 Å². The smallest absolute Gasteiger partial charge is 0.378 e. The first-order valence-corrected chi connectivity index (χ1v) is 11.2. The molecule has 2 aromatic carbocycles. The molecule has 11 heteroatoms. The quantitative estimate of drug-likeness (QED) is 0.632. The van der Waals surface area contributed by atoms with Gasteiger partial charge in [0, 0.05) is 13.1 Å². The van der Waals surface area contributed by atoms with Crippen LogP contribution in [0.15, 0.2) is 53.4 Å². The van der Waals surface area contributed by atoms with E-state index < -0.39 is 35.3 Å². The summed E-state index contributed by atoms with van der Waals surface area (Å²) in [6.07, 6.45) is -3.14. The number of ether oxygens (including phenoxy) is 1. The van der Waals surface area contributed by atoms with Crippen LogP contribution in [0.4, 0.5) is 29.3 Å². The summed E-state index contributed by atoms with van der Waals surface area (Å²) in [6.45, 7) is 2.01. The monoisotopic (exact) mass is 491 g/mol. The lowest BCUT2D eigenvalue weighted by Crippen LogP contribution is -2.38. The van der Waals surface area contributed by atoms with Crippen molar-refractivity contribution in [2.45, 2.75) is 6.18 Å². The highest BCUT2D eigenvalue weighted by molar-refractivity contribution is 8.18. The number of nitrogens with zero attached hydrogens (tertiary/aromatic N) is 2. The Balaban J connectivity index is 1.43. The van der Waals surface area contributed by atoms with E-state index in [4.69, 9.17) is 4.74 Å². The molecule has 2 aliphatic heterocycles. The first kappa shape index (κ1) is 23.8. The van der Waals surface area contributed by atoms with Crippen LogP contribution in [-0.2, 0) is 20.5 Å². The zero-order chi connectivity index (χ0) is 24.3. The molecule has 34 heavy (non-hydrogen) atoms. The number of halogens is 3. The third-order valence-corrected chi connectivity index (χ3v) is 6.15. The highest BCUT2D eigenvalue weighted by atomic mass is 32.2. The maximum Gasteiger partial charge on any atom is 0.416 e. The highest BCUT2D eigenvalue weighted by Crippen LogP contribution is 2.34. The van der Waals surface area contributed by atoms with Crippen LogP contribution in [0.5, 0.6) is 0 Å². The van der Waals surface area contributed by atoms with Crippen molar-refractivity contribution in [3.63, 3.8) is 0 Å². The molecule has 7 nitrogen and oxygen atoms in total. The largest absolute Gasteiger partial charge is 0.416 e. The molecule has 0 aromatic heterocycles. The summed E-state index contributed by atoms with van der Waals surface area (Å²) in [5.41, 5.74) is 0.895. The number of para-hydroxylation sites is 2. The number of rotatable bonds is 5. The van der Waals surface area contributed by atoms with E-state index in [1.165, 1.54) is 18.2 Å². The van der Waals surface area contributed by atoms with Crippen LogP contribution >= 0.6 is 11.8 Å². The molecule has 0 spiro atoms. The lowest BCUT2D eigenvalue weighted by atomic mass is 10.1.